The fraction of sp³-hybridized carbons (Fsp3) is 0.429. The molecule has 2 N–H and O–H groups in total. The topological polar surface area (TPSA) is 66.4 Å². The van der Waals surface area contributed by atoms with Gasteiger partial charge in [0.15, 0.2) is 0 Å². The third kappa shape index (κ3) is 2.89. The molecule has 0 saturated heterocycles. The second-order valence-corrected chi connectivity index (χ2v) is 5.28. The number of carboxylic acid groups (broad SMARTS) is 1. The van der Waals surface area contributed by atoms with Crippen LogP contribution >= 0.6 is 11.6 Å². The van der Waals surface area contributed by atoms with E-state index in [2.05, 4.69) is 5.32 Å². The molecule has 4 nitrogen and oxygen atoms in total. The summed E-state index contributed by atoms with van der Waals surface area (Å²) in [4.78, 5) is 22.8. The minimum absolute atomic E-state index is 0.0582. The first-order valence-electron chi connectivity index (χ1n) is 6.31. The second kappa shape index (κ2) is 5.61. The van der Waals surface area contributed by atoms with Gasteiger partial charge < -0.3 is 10.4 Å². The van der Waals surface area contributed by atoms with Gasteiger partial charge in [0, 0.05) is 11.6 Å². The third-order valence-corrected chi connectivity index (χ3v) is 3.88. The molecule has 1 amide bonds. The molecule has 0 aromatic heterocycles. The monoisotopic (exact) mass is 281 g/mol. The standard InChI is InChI=1S/C14H16ClNO3/c15-11-4-1-3-10(9-11)14(6-2-7-14)13(19)16-8-5-12(17)18/h1,3-4,9H,2,5-8H2,(H,16,19)(H,17,18). The molecular weight excluding hydrogens is 266 g/mol. The number of carbonyl (C=O) groups is 2. The first-order chi connectivity index (χ1) is 9.04. The molecule has 1 saturated carbocycles. The minimum Gasteiger partial charge on any atom is -0.481 e. The third-order valence-electron chi connectivity index (χ3n) is 3.64. The van der Waals surface area contributed by atoms with Crippen LogP contribution in [0.5, 0.6) is 0 Å². The zero-order valence-corrected chi connectivity index (χ0v) is 11.2. The van der Waals surface area contributed by atoms with Crippen LogP contribution in [0.2, 0.25) is 5.02 Å². The molecule has 102 valence electrons. The van der Waals surface area contributed by atoms with Gasteiger partial charge in [-0.1, -0.05) is 30.2 Å². The normalized spacial score (nSPS) is 16.5. The van der Waals surface area contributed by atoms with Gasteiger partial charge >= 0.3 is 5.97 Å². The summed E-state index contributed by atoms with van der Waals surface area (Å²) in [7, 11) is 0. The Bertz CT molecular complexity index is 497. The molecule has 2 rings (SSSR count). The van der Waals surface area contributed by atoms with E-state index in [0.29, 0.717) is 5.02 Å². The summed E-state index contributed by atoms with van der Waals surface area (Å²) in [5.74, 6) is -1.01. The predicted octanol–water partition coefficient (Wildman–Crippen LogP) is 2.35. The average Bonchev–Trinajstić information content (AvgIpc) is 2.27. The van der Waals surface area contributed by atoms with Crippen LogP contribution in [0.1, 0.15) is 31.2 Å². The SMILES string of the molecule is O=C(O)CCNC(=O)C1(c2cccc(Cl)c2)CCC1. The van der Waals surface area contributed by atoms with E-state index < -0.39 is 11.4 Å². The largest absolute Gasteiger partial charge is 0.481 e. The summed E-state index contributed by atoms with van der Waals surface area (Å²) in [6.45, 7) is 0.163. The van der Waals surface area contributed by atoms with Crippen LogP contribution in [0.3, 0.4) is 0 Å². The highest BCUT2D eigenvalue weighted by Gasteiger charge is 2.45. The molecule has 1 fully saturated rings. The number of aliphatic carboxylic acids is 1. The van der Waals surface area contributed by atoms with Crippen molar-refractivity contribution in [2.24, 2.45) is 0 Å². The summed E-state index contributed by atoms with van der Waals surface area (Å²) in [6, 6.07) is 7.33. The highest BCUT2D eigenvalue weighted by atomic mass is 35.5. The van der Waals surface area contributed by atoms with E-state index in [1.807, 2.05) is 18.2 Å². The van der Waals surface area contributed by atoms with Gasteiger partial charge in [0.05, 0.1) is 11.8 Å². The molecule has 0 unspecified atom stereocenters. The Labute approximate surface area is 116 Å². The Hall–Kier alpha value is -1.55. The van der Waals surface area contributed by atoms with E-state index in [1.54, 1.807) is 6.07 Å². The molecular formula is C14H16ClNO3. The lowest BCUT2D eigenvalue weighted by molar-refractivity contribution is -0.137. The van der Waals surface area contributed by atoms with Crippen LogP contribution in [-0.4, -0.2) is 23.5 Å². The van der Waals surface area contributed by atoms with Gasteiger partial charge in [-0.15, -0.1) is 0 Å². The van der Waals surface area contributed by atoms with Crippen molar-refractivity contribution in [3.05, 3.63) is 34.9 Å². The fourth-order valence-corrected chi connectivity index (χ4v) is 2.61. The Morgan fingerprint density at radius 3 is 2.63 bits per heavy atom. The number of carbonyl (C=O) groups excluding carboxylic acids is 1. The quantitative estimate of drug-likeness (QED) is 0.871. The zero-order chi connectivity index (χ0) is 13.9. The molecule has 1 aliphatic rings. The lowest BCUT2D eigenvalue weighted by Gasteiger charge is -2.40. The Morgan fingerprint density at radius 2 is 2.11 bits per heavy atom. The predicted molar refractivity (Wildman–Crippen MR) is 72.2 cm³/mol. The van der Waals surface area contributed by atoms with Crippen LogP contribution in [0, 0.1) is 0 Å². The van der Waals surface area contributed by atoms with Crippen LogP contribution < -0.4 is 5.32 Å². The van der Waals surface area contributed by atoms with Crippen molar-refractivity contribution in [3.8, 4) is 0 Å². The van der Waals surface area contributed by atoms with Crippen LogP contribution in [-0.2, 0) is 15.0 Å². The number of benzene rings is 1. The number of carboxylic acids is 1. The number of nitrogens with one attached hydrogen (secondary N) is 1. The van der Waals surface area contributed by atoms with Gasteiger partial charge in [-0.2, -0.15) is 0 Å². The van der Waals surface area contributed by atoms with E-state index in [1.165, 1.54) is 0 Å². The number of hydrogen-bond donors (Lipinski definition) is 2. The van der Waals surface area contributed by atoms with E-state index in [9.17, 15) is 9.59 Å². The van der Waals surface area contributed by atoms with Gasteiger partial charge in [-0.3, -0.25) is 9.59 Å². The van der Waals surface area contributed by atoms with Gasteiger partial charge in [0.25, 0.3) is 0 Å². The van der Waals surface area contributed by atoms with Gasteiger partial charge in [-0.05, 0) is 30.5 Å². The maximum absolute atomic E-state index is 12.3. The van der Waals surface area contributed by atoms with Gasteiger partial charge in [0.2, 0.25) is 5.91 Å². The van der Waals surface area contributed by atoms with Crippen molar-refractivity contribution in [3.63, 3.8) is 0 Å². The fourth-order valence-electron chi connectivity index (χ4n) is 2.42. The van der Waals surface area contributed by atoms with E-state index in [0.717, 1.165) is 24.8 Å². The highest BCUT2D eigenvalue weighted by Crippen LogP contribution is 2.44. The van der Waals surface area contributed by atoms with Crippen molar-refractivity contribution in [2.75, 3.05) is 6.54 Å². The average molecular weight is 282 g/mol. The second-order valence-electron chi connectivity index (χ2n) is 4.85. The first-order valence-corrected chi connectivity index (χ1v) is 6.68. The maximum Gasteiger partial charge on any atom is 0.305 e. The van der Waals surface area contributed by atoms with E-state index >= 15 is 0 Å². The molecule has 1 aliphatic carbocycles. The van der Waals surface area contributed by atoms with E-state index in [-0.39, 0.29) is 18.9 Å². The Balaban J connectivity index is 2.10. The summed E-state index contributed by atoms with van der Waals surface area (Å²) in [5.41, 5.74) is 0.391. The molecule has 0 bridgehead atoms. The summed E-state index contributed by atoms with van der Waals surface area (Å²) < 4.78 is 0. The van der Waals surface area contributed by atoms with Crippen LogP contribution in [0.15, 0.2) is 24.3 Å². The Morgan fingerprint density at radius 1 is 1.37 bits per heavy atom. The van der Waals surface area contributed by atoms with Crippen molar-refractivity contribution in [1.82, 2.24) is 5.32 Å². The van der Waals surface area contributed by atoms with Crippen molar-refractivity contribution >= 4 is 23.5 Å². The van der Waals surface area contributed by atoms with Crippen LogP contribution in [0.4, 0.5) is 0 Å². The number of hydrogen-bond acceptors (Lipinski definition) is 2. The molecule has 0 atom stereocenters. The van der Waals surface area contributed by atoms with Crippen molar-refractivity contribution in [2.45, 2.75) is 31.1 Å². The molecule has 0 aliphatic heterocycles. The lowest BCUT2D eigenvalue weighted by Crippen LogP contribution is -2.49. The van der Waals surface area contributed by atoms with Crippen LogP contribution in [0.25, 0.3) is 0 Å². The van der Waals surface area contributed by atoms with Crippen molar-refractivity contribution < 1.29 is 14.7 Å². The summed E-state index contributed by atoms with van der Waals surface area (Å²) >= 11 is 5.97. The number of halogens is 1. The molecule has 0 heterocycles. The van der Waals surface area contributed by atoms with Gasteiger partial charge in [0.1, 0.15) is 0 Å². The zero-order valence-electron chi connectivity index (χ0n) is 10.5. The summed E-state index contributed by atoms with van der Waals surface area (Å²) in [6.07, 6.45) is 2.51. The molecule has 19 heavy (non-hydrogen) atoms. The number of rotatable bonds is 5. The number of amides is 1. The molecule has 1 aromatic rings. The lowest BCUT2D eigenvalue weighted by atomic mass is 9.64. The minimum atomic E-state index is -0.911. The molecule has 0 radical (unpaired) electrons. The highest BCUT2D eigenvalue weighted by molar-refractivity contribution is 6.30. The van der Waals surface area contributed by atoms with Gasteiger partial charge in [-0.25, -0.2) is 0 Å². The van der Waals surface area contributed by atoms with E-state index in [4.69, 9.17) is 16.7 Å². The van der Waals surface area contributed by atoms with Crippen molar-refractivity contribution in [1.29, 1.82) is 0 Å². The maximum atomic E-state index is 12.3. The molecule has 1 aromatic carbocycles. The Kier molecular flexibility index (Phi) is 4.10. The molecule has 5 heteroatoms. The summed E-state index contributed by atoms with van der Waals surface area (Å²) in [5, 5.41) is 11.9. The first kappa shape index (κ1) is 13.9. The molecule has 0 spiro atoms. The smallest absolute Gasteiger partial charge is 0.305 e.